The van der Waals surface area contributed by atoms with E-state index in [-0.39, 0.29) is 17.5 Å². The summed E-state index contributed by atoms with van der Waals surface area (Å²) < 4.78 is 4.53. The molecule has 0 aliphatic rings. The molecule has 0 radical (unpaired) electrons. The first-order chi connectivity index (χ1) is 7.07. The number of hydrogen-bond acceptors (Lipinski definition) is 3. The molecule has 0 aromatic carbocycles. The van der Waals surface area contributed by atoms with Gasteiger partial charge in [-0.05, 0) is 0 Å². The molecule has 0 aliphatic heterocycles. The molecule has 0 spiro atoms. The minimum Gasteiger partial charge on any atom is -0.461 e. The van der Waals surface area contributed by atoms with E-state index in [1.165, 1.54) is 11.1 Å². The van der Waals surface area contributed by atoms with Crippen LogP contribution in [0.5, 0.6) is 0 Å². The summed E-state index contributed by atoms with van der Waals surface area (Å²) in [5, 5.41) is 0.288. The fraction of sp³-hybridized carbons (Fsp3) is 0.333. The highest BCUT2D eigenvalue weighted by Gasteiger charge is 2.17. The van der Waals surface area contributed by atoms with E-state index in [1.807, 2.05) is 0 Å². The lowest BCUT2D eigenvalue weighted by molar-refractivity contribution is -0.129. The van der Waals surface area contributed by atoms with E-state index in [4.69, 9.17) is 11.6 Å². The molecule has 0 atom stereocenters. The van der Waals surface area contributed by atoms with Crippen molar-refractivity contribution in [3.63, 3.8) is 0 Å². The summed E-state index contributed by atoms with van der Waals surface area (Å²) in [7, 11) is 3.26. The number of rotatable bonds is 4. The Morgan fingerprint density at radius 3 is 2.87 bits per heavy atom. The first kappa shape index (κ1) is 11.6. The zero-order valence-corrected chi connectivity index (χ0v) is 9.17. The zero-order chi connectivity index (χ0) is 11.4. The summed E-state index contributed by atoms with van der Waals surface area (Å²) >= 11 is 5.92. The zero-order valence-electron chi connectivity index (χ0n) is 8.41. The average Bonchev–Trinajstić information content (AvgIpc) is 2.55. The van der Waals surface area contributed by atoms with Crippen LogP contribution in [0.2, 0.25) is 5.02 Å². The SMILES string of the molecule is CN(C)C(=O)c1c[nH]c(COC=O)c1Cl. The number of nitrogens with one attached hydrogen (secondary N) is 1. The summed E-state index contributed by atoms with van der Waals surface area (Å²) in [6.45, 7) is 0.355. The predicted molar refractivity (Wildman–Crippen MR) is 54.7 cm³/mol. The van der Waals surface area contributed by atoms with Crippen molar-refractivity contribution in [3.8, 4) is 0 Å². The van der Waals surface area contributed by atoms with Crippen LogP contribution in [0.25, 0.3) is 0 Å². The number of ether oxygens (including phenoxy) is 1. The van der Waals surface area contributed by atoms with Gasteiger partial charge in [-0.2, -0.15) is 0 Å². The van der Waals surface area contributed by atoms with E-state index >= 15 is 0 Å². The summed E-state index contributed by atoms with van der Waals surface area (Å²) in [6, 6.07) is 0. The molecule has 15 heavy (non-hydrogen) atoms. The maximum atomic E-state index is 11.6. The predicted octanol–water partition coefficient (Wildman–Crippen LogP) is 1.04. The Labute approximate surface area is 92.0 Å². The van der Waals surface area contributed by atoms with Crippen molar-refractivity contribution < 1.29 is 14.3 Å². The maximum absolute atomic E-state index is 11.6. The molecule has 6 heteroatoms. The molecule has 0 saturated carbocycles. The van der Waals surface area contributed by atoms with Crippen LogP contribution in [0.1, 0.15) is 16.1 Å². The van der Waals surface area contributed by atoms with Crippen molar-refractivity contribution in [2.24, 2.45) is 0 Å². The summed E-state index contributed by atoms with van der Waals surface area (Å²) in [6.07, 6.45) is 1.49. The van der Waals surface area contributed by atoms with Gasteiger partial charge in [0.05, 0.1) is 16.3 Å². The van der Waals surface area contributed by atoms with Gasteiger partial charge in [0.2, 0.25) is 0 Å². The maximum Gasteiger partial charge on any atom is 0.293 e. The Morgan fingerprint density at radius 2 is 2.33 bits per heavy atom. The number of aromatic nitrogens is 1. The average molecular weight is 231 g/mol. The van der Waals surface area contributed by atoms with Gasteiger partial charge in [-0.25, -0.2) is 0 Å². The van der Waals surface area contributed by atoms with Gasteiger partial charge >= 0.3 is 0 Å². The van der Waals surface area contributed by atoms with Crippen LogP contribution in [0.3, 0.4) is 0 Å². The Bertz CT molecular complexity index is 373. The van der Waals surface area contributed by atoms with E-state index in [2.05, 4.69) is 9.72 Å². The van der Waals surface area contributed by atoms with Gasteiger partial charge in [0.15, 0.2) is 0 Å². The number of hydrogen-bond donors (Lipinski definition) is 1. The van der Waals surface area contributed by atoms with Crippen LogP contribution < -0.4 is 0 Å². The third-order valence-corrected chi connectivity index (χ3v) is 2.26. The van der Waals surface area contributed by atoms with Crippen molar-refractivity contribution in [1.82, 2.24) is 9.88 Å². The lowest BCUT2D eigenvalue weighted by Gasteiger charge is -2.08. The molecule has 0 fully saturated rings. The Hall–Kier alpha value is -1.49. The Morgan fingerprint density at radius 1 is 1.67 bits per heavy atom. The monoisotopic (exact) mass is 230 g/mol. The minimum absolute atomic E-state index is 0.0308. The highest BCUT2D eigenvalue weighted by atomic mass is 35.5. The van der Waals surface area contributed by atoms with Gasteiger partial charge < -0.3 is 14.6 Å². The molecule has 1 aromatic heterocycles. The van der Waals surface area contributed by atoms with Crippen LogP contribution in [-0.2, 0) is 16.1 Å². The standard InChI is InChI=1S/C9H11ClN2O3/c1-12(2)9(14)6-3-11-7(8(6)10)4-15-5-13/h3,5,11H,4H2,1-2H3. The number of carbonyl (C=O) groups excluding carboxylic acids is 2. The summed E-state index contributed by atoms with van der Waals surface area (Å²) in [5.74, 6) is -0.200. The molecule has 1 rings (SSSR count). The fourth-order valence-corrected chi connectivity index (χ4v) is 1.31. The number of carbonyl (C=O) groups is 2. The van der Waals surface area contributed by atoms with Crippen LogP contribution in [0.4, 0.5) is 0 Å². The van der Waals surface area contributed by atoms with E-state index in [0.717, 1.165) is 0 Å². The second kappa shape index (κ2) is 4.84. The van der Waals surface area contributed by atoms with E-state index < -0.39 is 0 Å². The van der Waals surface area contributed by atoms with Crippen LogP contribution >= 0.6 is 11.6 Å². The normalized spacial score (nSPS) is 9.80. The van der Waals surface area contributed by atoms with Crippen molar-refractivity contribution in [2.45, 2.75) is 6.61 Å². The van der Waals surface area contributed by atoms with Crippen LogP contribution in [0.15, 0.2) is 6.20 Å². The molecule has 1 heterocycles. The topological polar surface area (TPSA) is 62.4 Å². The second-order valence-corrected chi connectivity index (χ2v) is 3.48. The van der Waals surface area contributed by atoms with Gasteiger partial charge in [-0.3, -0.25) is 9.59 Å². The van der Waals surface area contributed by atoms with Crippen LogP contribution in [0, 0.1) is 0 Å². The highest BCUT2D eigenvalue weighted by Crippen LogP contribution is 2.22. The van der Waals surface area contributed by atoms with Gasteiger partial charge in [-0.1, -0.05) is 11.6 Å². The summed E-state index contributed by atoms with van der Waals surface area (Å²) in [4.78, 5) is 25.7. The third kappa shape index (κ3) is 2.50. The smallest absolute Gasteiger partial charge is 0.293 e. The molecule has 1 amide bonds. The van der Waals surface area contributed by atoms with Gasteiger partial charge in [-0.15, -0.1) is 0 Å². The molecule has 1 aromatic rings. The highest BCUT2D eigenvalue weighted by molar-refractivity contribution is 6.34. The first-order valence-corrected chi connectivity index (χ1v) is 4.58. The van der Waals surface area contributed by atoms with Gasteiger partial charge in [0, 0.05) is 20.3 Å². The van der Waals surface area contributed by atoms with Crippen molar-refractivity contribution in [1.29, 1.82) is 0 Å². The van der Waals surface area contributed by atoms with E-state index in [9.17, 15) is 9.59 Å². The number of aromatic amines is 1. The van der Waals surface area contributed by atoms with Crippen LogP contribution in [-0.4, -0.2) is 36.4 Å². The Balaban J connectivity index is 2.88. The van der Waals surface area contributed by atoms with Crippen molar-refractivity contribution >= 4 is 24.0 Å². The lowest BCUT2D eigenvalue weighted by Crippen LogP contribution is -2.21. The van der Waals surface area contributed by atoms with Crippen molar-refractivity contribution in [2.75, 3.05) is 14.1 Å². The molecule has 82 valence electrons. The molecule has 0 aliphatic carbocycles. The molecular weight excluding hydrogens is 220 g/mol. The number of nitrogens with zero attached hydrogens (tertiary/aromatic N) is 1. The van der Waals surface area contributed by atoms with Gasteiger partial charge in [0.1, 0.15) is 6.61 Å². The summed E-state index contributed by atoms with van der Waals surface area (Å²) in [5.41, 5.74) is 0.875. The quantitative estimate of drug-likeness (QED) is 0.787. The molecule has 0 unspecified atom stereocenters. The minimum atomic E-state index is -0.200. The number of amides is 1. The van der Waals surface area contributed by atoms with Gasteiger partial charge in [0.25, 0.3) is 12.4 Å². The lowest BCUT2D eigenvalue weighted by atomic mass is 10.3. The van der Waals surface area contributed by atoms with Crippen molar-refractivity contribution in [3.05, 3.63) is 22.5 Å². The number of H-pyrrole nitrogens is 1. The first-order valence-electron chi connectivity index (χ1n) is 4.20. The number of halogens is 1. The molecule has 0 saturated heterocycles. The largest absolute Gasteiger partial charge is 0.461 e. The third-order valence-electron chi connectivity index (χ3n) is 1.82. The Kier molecular flexibility index (Phi) is 3.74. The molecule has 0 bridgehead atoms. The van der Waals surface area contributed by atoms with E-state index in [0.29, 0.717) is 17.7 Å². The van der Waals surface area contributed by atoms with E-state index in [1.54, 1.807) is 14.1 Å². The molecule has 5 nitrogen and oxygen atoms in total. The molecular formula is C9H11ClN2O3. The fourth-order valence-electron chi connectivity index (χ4n) is 1.07. The molecule has 1 N–H and O–H groups in total. The second-order valence-electron chi connectivity index (χ2n) is 3.10.